The Balaban J connectivity index is 2.21. The van der Waals surface area contributed by atoms with Gasteiger partial charge in [-0.2, -0.15) is 13.2 Å². The molecule has 0 unspecified atom stereocenters. The molecule has 2 aromatic rings. The zero-order valence-corrected chi connectivity index (χ0v) is 12.1. The summed E-state index contributed by atoms with van der Waals surface area (Å²) < 4.78 is 58.1. The van der Waals surface area contributed by atoms with E-state index >= 15 is 0 Å². The predicted molar refractivity (Wildman–Crippen MR) is 72.4 cm³/mol. The first kappa shape index (κ1) is 15.6. The maximum absolute atomic E-state index is 14.0. The fourth-order valence-electron chi connectivity index (χ4n) is 2.32. The van der Waals surface area contributed by atoms with Gasteiger partial charge >= 0.3 is 12.1 Å². The molecule has 1 saturated carbocycles. The van der Waals surface area contributed by atoms with Gasteiger partial charge < -0.3 is 4.74 Å². The number of halogens is 4. The van der Waals surface area contributed by atoms with Crippen LogP contribution in [-0.2, 0) is 10.9 Å². The van der Waals surface area contributed by atoms with Crippen LogP contribution in [0.5, 0.6) is 0 Å². The number of pyridine rings is 2. The summed E-state index contributed by atoms with van der Waals surface area (Å²) >= 11 is 0. The number of carbonyl (C=O) groups excluding carboxylic acids is 1. The maximum atomic E-state index is 14.0. The number of fused-ring (bicyclic) bond motifs is 1. The van der Waals surface area contributed by atoms with E-state index in [2.05, 4.69) is 14.7 Å². The normalized spacial score (nSPS) is 15.0. The number of alkyl halides is 3. The molecule has 8 heteroatoms. The van der Waals surface area contributed by atoms with Crippen molar-refractivity contribution in [3.05, 3.63) is 34.9 Å². The van der Waals surface area contributed by atoms with Gasteiger partial charge in [0.25, 0.3) is 0 Å². The second kappa shape index (κ2) is 5.43. The lowest BCUT2D eigenvalue weighted by Crippen LogP contribution is -2.18. The quantitative estimate of drug-likeness (QED) is 0.634. The molecule has 0 spiro atoms. The Kier molecular flexibility index (Phi) is 3.69. The summed E-state index contributed by atoms with van der Waals surface area (Å²) in [7, 11) is 0. The fourth-order valence-corrected chi connectivity index (χ4v) is 2.32. The van der Waals surface area contributed by atoms with Crippen LogP contribution in [0.2, 0.25) is 0 Å². The highest BCUT2D eigenvalue weighted by molar-refractivity contribution is 5.94. The highest BCUT2D eigenvalue weighted by Gasteiger charge is 2.39. The van der Waals surface area contributed by atoms with E-state index in [4.69, 9.17) is 0 Å². The SMILES string of the molecule is CCOC(=O)c1cc2cc(F)c(C3CC3)nc2nc1C(F)(F)F. The topological polar surface area (TPSA) is 52.1 Å². The van der Waals surface area contributed by atoms with Crippen molar-refractivity contribution < 1.29 is 27.1 Å². The van der Waals surface area contributed by atoms with E-state index in [0.29, 0.717) is 0 Å². The predicted octanol–water partition coefficient (Wildman–Crippen LogP) is 3.84. The van der Waals surface area contributed by atoms with Gasteiger partial charge in [0, 0.05) is 11.3 Å². The summed E-state index contributed by atoms with van der Waals surface area (Å²) in [4.78, 5) is 19.1. The average molecular weight is 328 g/mol. The summed E-state index contributed by atoms with van der Waals surface area (Å²) in [6.07, 6.45) is -3.34. The Morgan fingerprint density at radius 2 is 2.00 bits per heavy atom. The first-order valence-electron chi connectivity index (χ1n) is 7.06. The lowest BCUT2D eigenvalue weighted by atomic mass is 10.1. The van der Waals surface area contributed by atoms with Gasteiger partial charge in [-0.25, -0.2) is 19.2 Å². The fraction of sp³-hybridized carbons (Fsp3) is 0.400. The van der Waals surface area contributed by atoms with Crippen LogP contribution in [0.4, 0.5) is 17.6 Å². The smallest absolute Gasteiger partial charge is 0.434 e. The first-order valence-corrected chi connectivity index (χ1v) is 7.06. The number of aromatic nitrogens is 2. The Morgan fingerprint density at radius 3 is 2.57 bits per heavy atom. The third kappa shape index (κ3) is 2.97. The van der Waals surface area contributed by atoms with Gasteiger partial charge in [-0.15, -0.1) is 0 Å². The van der Waals surface area contributed by atoms with Gasteiger partial charge in [0.15, 0.2) is 11.3 Å². The van der Waals surface area contributed by atoms with Crippen LogP contribution in [0.3, 0.4) is 0 Å². The molecule has 0 aromatic carbocycles. The van der Waals surface area contributed by atoms with Crippen LogP contribution in [0.25, 0.3) is 11.0 Å². The Hall–Kier alpha value is -2.25. The standard InChI is InChI=1S/C15H12F4N2O2/c1-2-23-14(22)9-5-8-6-10(16)11(7-3-4-7)20-13(8)21-12(9)15(17,18)19/h5-7H,2-4H2,1H3. The first-order chi connectivity index (χ1) is 10.8. The molecule has 1 aliphatic carbocycles. The zero-order chi connectivity index (χ0) is 16.8. The van der Waals surface area contributed by atoms with Gasteiger partial charge in [0.1, 0.15) is 5.82 Å². The molecule has 2 aromatic heterocycles. The van der Waals surface area contributed by atoms with Gasteiger partial charge in [-0.1, -0.05) is 0 Å². The third-order valence-corrected chi connectivity index (χ3v) is 3.51. The molecule has 4 nitrogen and oxygen atoms in total. The number of esters is 1. The molecule has 23 heavy (non-hydrogen) atoms. The van der Waals surface area contributed by atoms with Gasteiger partial charge in [0.2, 0.25) is 0 Å². The summed E-state index contributed by atoms with van der Waals surface area (Å²) in [5.74, 6) is -1.82. The number of ether oxygens (including phenoxy) is 1. The molecule has 1 fully saturated rings. The third-order valence-electron chi connectivity index (χ3n) is 3.51. The van der Waals surface area contributed by atoms with Crippen molar-refractivity contribution in [2.45, 2.75) is 31.9 Å². The van der Waals surface area contributed by atoms with Crippen LogP contribution in [0, 0.1) is 5.82 Å². The van der Waals surface area contributed by atoms with Crippen molar-refractivity contribution in [1.29, 1.82) is 0 Å². The monoisotopic (exact) mass is 328 g/mol. The van der Waals surface area contributed by atoms with Gasteiger partial charge in [-0.3, -0.25) is 0 Å². The van der Waals surface area contributed by atoms with Crippen molar-refractivity contribution in [2.75, 3.05) is 6.61 Å². The van der Waals surface area contributed by atoms with E-state index < -0.39 is 29.2 Å². The molecular formula is C15H12F4N2O2. The van der Waals surface area contributed by atoms with Gasteiger partial charge in [0.05, 0.1) is 17.9 Å². The Morgan fingerprint density at radius 1 is 1.30 bits per heavy atom. The molecule has 0 N–H and O–H groups in total. The molecule has 0 bridgehead atoms. The molecule has 1 aliphatic rings. The lowest BCUT2D eigenvalue weighted by Gasteiger charge is -2.13. The van der Waals surface area contributed by atoms with Crippen molar-refractivity contribution in [1.82, 2.24) is 9.97 Å². The van der Waals surface area contributed by atoms with E-state index in [0.717, 1.165) is 25.0 Å². The van der Waals surface area contributed by atoms with Gasteiger partial charge in [-0.05, 0) is 31.9 Å². The number of hydrogen-bond acceptors (Lipinski definition) is 4. The molecule has 3 rings (SSSR count). The summed E-state index contributed by atoms with van der Waals surface area (Å²) in [5, 5.41) is 0.0305. The number of nitrogens with zero attached hydrogens (tertiary/aromatic N) is 2. The van der Waals surface area contributed by atoms with E-state index in [1.807, 2.05) is 0 Å². The highest BCUT2D eigenvalue weighted by atomic mass is 19.4. The second-order valence-corrected chi connectivity index (χ2v) is 5.28. The summed E-state index contributed by atoms with van der Waals surface area (Å²) in [5.41, 5.74) is -2.22. The molecule has 0 aliphatic heterocycles. The van der Waals surface area contributed by atoms with Crippen LogP contribution in [-0.4, -0.2) is 22.5 Å². The Labute approximate surface area is 128 Å². The minimum Gasteiger partial charge on any atom is -0.462 e. The zero-order valence-electron chi connectivity index (χ0n) is 12.1. The van der Waals surface area contributed by atoms with Crippen LogP contribution >= 0.6 is 0 Å². The number of carbonyl (C=O) groups is 1. The molecule has 0 saturated heterocycles. The Bertz CT molecular complexity index is 785. The molecule has 2 heterocycles. The lowest BCUT2D eigenvalue weighted by molar-refractivity contribution is -0.141. The molecule has 0 amide bonds. The average Bonchev–Trinajstić information content (AvgIpc) is 3.29. The molecule has 122 valence electrons. The minimum absolute atomic E-state index is 0.0305. The molecular weight excluding hydrogens is 316 g/mol. The van der Waals surface area contributed by atoms with E-state index in [1.54, 1.807) is 0 Å². The van der Waals surface area contributed by atoms with Crippen LogP contribution in [0.15, 0.2) is 12.1 Å². The second-order valence-electron chi connectivity index (χ2n) is 5.28. The number of rotatable bonds is 3. The van der Waals surface area contributed by atoms with Crippen molar-refractivity contribution >= 4 is 17.0 Å². The van der Waals surface area contributed by atoms with Crippen LogP contribution in [0.1, 0.15) is 47.4 Å². The van der Waals surface area contributed by atoms with E-state index in [1.165, 1.54) is 6.92 Å². The largest absolute Gasteiger partial charge is 0.462 e. The van der Waals surface area contributed by atoms with E-state index in [9.17, 15) is 22.4 Å². The van der Waals surface area contributed by atoms with Crippen molar-refractivity contribution in [2.24, 2.45) is 0 Å². The van der Waals surface area contributed by atoms with Crippen LogP contribution < -0.4 is 0 Å². The summed E-state index contributed by atoms with van der Waals surface area (Å²) in [6.45, 7) is 1.39. The molecule has 0 atom stereocenters. The van der Waals surface area contributed by atoms with Crippen molar-refractivity contribution in [3.8, 4) is 0 Å². The van der Waals surface area contributed by atoms with Crippen molar-refractivity contribution in [3.63, 3.8) is 0 Å². The highest BCUT2D eigenvalue weighted by Crippen LogP contribution is 2.41. The molecule has 0 radical (unpaired) electrons. The maximum Gasteiger partial charge on any atom is 0.434 e. The minimum atomic E-state index is -4.84. The number of hydrogen-bond donors (Lipinski definition) is 0. The van der Waals surface area contributed by atoms with E-state index in [-0.39, 0.29) is 29.3 Å². The summed E-state index contributed by atoms with van der Waals surface area (Å²) in [6, 6.07) is 1.99.